The van der Waals surface area contributed by atoms with Crippen molar-refractivity contribution >= 4 is 11.8 Å². The number of carbonyl (C=O) groups is 2. The second kappa shape index (κ2) is 8.95. The van der Waals surface area contributed by atoms with E-state index in [0.717, 1.165) is 27.8 Å². The summed E-state index contributed by atoms with van der Waals surface area (Å²) in [5, 5.41) is 2.94. The minimum Gasteiger partial charge on any atom is -0.368 e. The average Bonchev–Trinajstić information content (AvgIpc) is 2.76. The highest BCUT2D eigenvalue weighted by Gasteiger charge is 2.38. The summed E-state index contributed by atoms with van der Waals surface area (Å²) >= 11 is 0. The molecule has 0 saturated carbocycles. The van der Waals surface area contributed by atoms with Crippen molar-refractivity contribution in [3.05, 3.63) is 107 Å². The van der Waals surface area contributed by atoms with Crippen LogP contribution in [0.15, 0.2) is 78.9 Å². The minimum atomic E-state index is -0.961. The third-order valence-electron chi connectivity index (χ3n) is 5.86. The molecule has 3 aromatic rings. The van der Waals surface area contributed by atoms with E-state index in [4.69, 9.17) is 5.73 Å². The number of benzene rings is 3. The Labute approximate surface area is 178 Å². The summed E-state index contributed by atoms with van der Waals surface area (Å²) in [4.78, 5) is 25.9. The maximum absolute atomic E-state index is 13.6. The van der Waals surface area contributed by atoms with Crippen LogP contribution in [0, 0.1) is 13.8 Å². The molecular weight excluding hydrogens is 372 g/mol. The molecule has 0 bridgehead atoms. The molecule has 0 fully saturated rings. The number of hydrogen-bond acceptors (Lipinski definition) is 2. The molecule has 4 heteroatoms. The molecule has 0 spiro atoms. The molecular formula is C26H28N2O2. The van der Waals surface area contributed by atoms with Crippen LogP contribution in [0.4, 0.5) is 0 Å². The van der Waals surface area contributed by atoms with Crippen LogP contribution in [-0.2, 0) is 21.4 Å². The van der Waals surface area contributed by atoms with Crippen LogP contribution in [-0.4, -0.2) is 17.9 Å². The number of aryl methyl sites for hydroxylation is 2. The van der Waals surface area contributed by atoms with Gasteiger partial charge in [-0.15, -0.1) is 0 Å². The van der Waals surface area contributed by atoms with E-state index in [1.165, 1.54) is 0 Å². The summed E-state index contributed by atoms with van der Waals surface area (Å²) in [6.07, 6.45) is 0.360. The van der Waals surface area contributed by atoms with E-state index in [2.05, 4.69) is 5.32 Å². The Hall–Kier alpha value is -3.40. The molecule has 0 aromatic heterocycles. The molecule has 0 aliphatic carbocycles. The fourth-order valence-corrected chi connectivity index (χ4v) is 3.87. The van der Waals surface area contributed by atoms with Crippen LogP contribution in [0.5, 0.6) is 0 Å². The molecule has 30 heavy (non-hydrogen) atoms. The molecule has 0 aliphatic rings. The minimum absolute atomic E-state index is 0.255. The van der Waals surface area contributed by atoms with Gasteiger partial charge in [-0.05, 0) is 48.6 Å². The lowest BCUT2D eigenvalue weighted by Crippen LogP contribution is -2.52. The third kappa shape index (κ3) is 4.28. The summed E-state index contributed by atoms with van der Waals surface area (Å²) in [5.74, 6) is -0.801. The van der Waals surface area contributed by atoms with Crippen LogP contribution in [0.25, 0.3) is 0 Å². The van der Waals surface area contributed by atoms with Crippen molar-refractivity contribution < 1.29 is 9.59 Å². The van der Waals surface area contributed by atoms with Crippen molar-refractivity contribution in [1.82, 2.24) is 5.32 Å². The number of carbonyl (C=O) groups excluding carboxylic acids is 2. The SMILES string of the molecule is Cc1cccc(C)c1C[C@@H](NC(=O)C(C)(c1ccccc1)c1ccccc1)C(N)=O. The second-order valence-electron chi connectivity index (χ2n) is 7.86. The van der Waals surface area contributed by atoms with Gasteiger partial charge in [-0.2, -0.15) is 0 Å². The smallest absolute Gasteiger partial charge is 0.240 e. The average molecular weight is 401 g/mol. The lowest BCUT2D eigenvalue weighted by Gasteiger charge is -2.31. The Bertz CT molecular complexity index is 970. The summed E-state index contributed by atoms with van der Waals surface area (Å²) in [6.45, 7) is 5.88. The number of nitrogens with one attached hydrogen (secondary N) is 1. The topological polar surface area (TPSA) is 72.2 Å². The summed E-state index contributed by atoms with van der Waals surface area (Å²) in [7, 11) is 0. The third-order valence-corrected chi connectivity index (χ3v) is 5.86. The Morgan fingerprint density at radius 1 is 0.833 bits per heavy atom. The first-order valence-electron chi connectivity index (χ1n) is 10.1. The van der Waals surface area contributed by atoms with Crippen molar-refractivity contribution in [3.8, 4) is 0 Å². The van der Waals surface area contributed by atoms with E-state index in [0.29, 0.717) is 6.42 Å². The predicted octanol–water partition coefficient (Wildman–Crippen LogP) is 3.82. The zero-order valence-corrected chi connectivity index (χ0v) is 17.7. The molecule has 0 aliphatic heterocycles. The maximum atomic E-state index is 13.6. The van der Waals surface area contributed by atoms with Gasteiger partial charge in [0.15, 0.2) is 0 Å². The summed E-state index contributed by atoms with van der Waals surface area (Å²) in [5.41, 5.74) is 9.62. The van der Waals surface area contributed by atoms with E-state index in [1.807, 2.05) is 99.6 Å². The van der Waals surface area contributed by atoms with Gasteiger partial charge in [-0.25, -0.2) is 0 Å². The maximum Gasteiger partial charge on any atom is 0.240 e. The molecule has 154 valence electrons. The normalized spacial score (nSPS) is 12.2. The molecule has 3 N–H and O–H groups in total. The van der Waals surface area contributed by atoms with Gasteiger partial charge in [-0.1, -0.05) is 78.9 Å². The van der Waals surface area contributed by atoms with Crippen LogP contribution in [0.1, 0.15) is 34.7 Å². The van der Waals surface area contributed by atoms with Crippen molar-refractivity contribution in [2.24, 2.45) is 5.73 Å². The molecule has 4 nitrogen and oxygen atoms in total. The van der Waals surface area contributed by atoms with Gasteiger partial charge in [0.05, 0.1) is 5.41 Å². The van der Waals surface area contributed by atoms with E-state index in [-0.39, 0.29) is 5.91 Å². The molecule has 2 amide bonds. The number of nitrogens with two attached hydrogens (primary N) is 1. The molecule has 0 heterocycles. The monoisotopic (exact) mass is 400 g/mol. The van der Waals surface area contributed by atoms with Crippen molar-refractivity contribution in [2.45, 2.75) is 38.6 Å². The number of primary amides is 1. The van der Waals surface area contributed by atoms with Gasteiger partial charge in [0.2, 0.25) is 11.8 Å². The van der Waals surface area contributed by atoms with Crippen LogP contribution >= 0.6 is 0 Å². The summed E-state index contributed by atoms with van der Waals surface area (Å²) in [6, 6.07) is 24.4. The van der Waals surface area contributed by atoms with Gasteiger partial charge in [0.1, 0.15) is 6.04 Å². The van der Waals surface area contributed by atoms with Crippen molar-refractivity contribution in [3.63, 3.8) is 0 Å². The highest BCUT2D eigenvalue weighted by Crippen LogP contribution is 2.32. The van der Waals surface area contributed by atoms with Crippen LogP contribution in [0.3, 0.4) is 0 Å². The Morgan fingerprint density at radius 3 is 1.73 bits per heavy atom. The first-order chi connectivity index (χ1) is 14.3. The van der Waals surface area contributed by atoms with E-state index < -0.39 is 17.4 Å². The predicted molar refractivity (Wildman–Crippen MR) is 120 cm³/mol. The van der Waals surface area contributed by atoms with Crippen molar-refractivity contribution in [1.29, 1.82) is 0 Å². The molecule has 3 aromatic carbocycles. The van der Waals surface area contributed by atoms with E-state index >= 15 is 0 Å². The first kappa shape index (κ1) is 21.3. The molecule has 0 radical (unpaired) electrons. The van der Waals surface area contributed by atoms with Gasteiger partial charge in [0, 0.05) is 6.42 Å². The van der Waals surface area contributed by atoms with Crippen LogP contribution in [0.2, 0.25) is 0 Å². The van der Waals surface area contributed by atoms with E-state index in [1.54, 1.807) is 0 Å². The quantitative estimate of drug-likeness (QED) is 0.633. The first-order valence-corrected chi connectivity index (χ1v) is 10.1. The number of rotatable bonds is 7. The van der Waals surface area contributed by atoms with Crippen molar-refractivity contribution in [2.75, 3.05) is 0 Å². The fourth-order valence-electron chi connectivity index (χ4n) is 3.87. The zero-order chi connectivity index (χ0) is 21.7. The molecule has 3 rings (SSSR count). The standard InChI is InChI=1S/C26H28N2O2/c1-18-11-10-12-19(2)22(18)17-23(24(27)29)28-25(30)26(3,20-13-6-4-7-14-20)21-15-8-5-9-16-21/h4-16,23H,17H2,1-3H3,(H2,27,29)(H,28,30)/t23-/m1/s1. The highest BCUT2D eigenvalue weighted by atomic mass is 16.2. The molecule has 0 saturated heterocycles. The van der Waals surface area contributed by atoms with Gasteiger partial charge >= 0.3 is 0 Å². The Kier molecular flexibility index (Phi) is 6.36. The van der Waals surface area contributed by atoms with E-state index in [9.17, 15) is 9.59 Å². The summed E-state index contributed by atoms with van der Waals surface area (Å²) < 4.78 is 0. The molecule has 0 unspecified atom stereocenters. The van der Waals surface area contributed by atoms with Gasteiger partial charge in [0.25, 0.3) is 0 Å². The molecule has 1 atom stereocenters. The van der Waals surface area contributed by atoms with Crippen LogP contribution < -0.4 is 11.1 Å². The number of amides is 2. The Balaban J connectivity index is 1.97. The second-order valence-corrected chi connectivity index (χ2v) is 7.86. The largest absolute Gasteiger partial charge is 0.368 e. The zero-order valence-electron chi connectivity index (χ0n) is 17.7. The van der Waals surface area contributed by atoms with Gasteiger partial charge in [-0.3, -0.25) is 9.59 Å². The number of hydrogen-bond donors (Lipinski definition) is 2. The Morgan fingerprint density at radius 2 is 1.30 bits per heavy atom. The highest BCUT2D eigenvalue weighted by molar-refractivity contribution is 5.95. The van der Waals surface area contributed by atoms with Gasteiger partial charge < -0.3 is 11.1 Å². The fraction of sp³-hybridized carbons (Fsp3) is 0.231. The lowest BCUT2D eigenvalue weighted by molar-refractivity contribution is -0.129. The lowest BCUT2D eigenvalue weighted by atomic mass is 9.75.